The van der Waals surface area contributed by atoms with E-state index in [1.54, 1.807) is 24.3 Å². The number of amides is 2. The highest BCUT2D eigenvalue weighted by Crippen LogP contribution is 2.23. The van der Waals surface area contributed by atoms with Crippen molar-refractivity contribution in [1.29, 1.82) is 0 Å². The van der Waals surface area contributed by atoms with Crippen molar-refractivity contribution >= 4 is 29.3 Å². The SMILES string of the molecule is CC(C)c1ccc(C(=O)COC(=O)c2cccc(N3C(=O)CCC3=O)c2)cc1. The predicted molar refractivity (Wildman–Crippen MR) is 103 cm³/mol. The Bertz CT molecular complexity index is 914. The molecule has 0 N–H and O–H groups in total. The van der Waals surface area contributed by atoms with Crippen LogP contribution in [0.15, 0.2) is 48.5 Å². The molecule has 1 saturated heterocycles. The maximum Gasteiger partial charge on any atom is 0.338 e. The Labute approximate surface area is 163 Å². The van der Waals surface area contributed by atoms with Gasteiger partial charge in [-0.25, -0.2) is 4.79 Å². The molecule has 2 amide bonds. The number of rotatable bonds is 6. The van der Waals surface area contributed by atoms with Crippen LogP contribution >= 0.6 is 0 Å². The lowest BCUT2D eigenvalue weighted by Crippen LogP contribution is -2.28. The fourth-order valence-electron chi connectivity index (χ4n) is 2.99. The average molecular weight is 379 g/mol. The number of esters is 1. The molecular formula is C22H21NO5. The number of benzene rings is 2. The molecule has 0 unspecified atom stereocenters. The first-order valence-electron chi connectivity index (χ1n) is 9.13. The Morgan fingerprint density at radius 2 is 1.61 bits per heavy atom. The van der Waals surface area contributed by atoms with E-state index >= 15 is 0 Å². The molecule has 0 bridgehead atoms. The second-order valence-corrected chi connectivity index (χ2v) is 6.95. The highest BCUT2D eigenvalue weighted by atomic mass is 16.5. The highest BCUT2D eigenvalue weighted by Gasteiger charge is 2.30. The molecule has 28 heavy (non-hydrogen) atoms. The van der Waals surface area contributed by atoms with Crippen molar-refractivity contribution < 1.29 is 23.9 Å². The van der Waals surface area contributed by atoms with Gasteiger partial charge < -0.3 is 4.74 Å². The third kappa shape index (κ3) is 4.17. The van der Waals surface area contributed by atoms with Gasteiger partial charge in [0.15, 0.2) is 12.4 Å². The van der Waals surface area contributed by atoms with Gasteiger partial charge in [0.1, 0.15) is 0 Å². The Morgan fingerprint density at radius 1 is 0.964 bits per heavy atom. The zero-order valence-corrected chi connectivity index (χ0v) is 15.8. The zero-order chi connectivity index (χ0) is 20.3. The third-order valence-corrected chi connectivity index (χ3v) is 4.63. The van der Waals surface area contributed by atoms with Crippen LogP contribution in [0.2, 0.25) is 0 Å². The van der Waals surface area contributed by atoms with E-state index in [0.717, 1.165) is 10.5 Å². The molecule has 0 saturated carbocycles. The van der Waals surface area contributed by atoms with E-state index in [9.17, 15) is 19.2 Å². The number of hydrogen-bond acceptors (Lipinski definition) is 5. The number of carbonyl (C=O) groups excluding carboxylic acids is 4. The maximum atomic E-state index is 12.3. The van der Waals surface area contributed by atoms with Crippen LogP contribution in [0.3, 0.4) is 0 Å². The van der Waals surface area contributed by atoms with Crippen LogP contribution in [0.4, 0.5) is 5.69 Å². The summed E-state index contributed by atoms with van der Waals surface area (Å²) >= 11 is 0. The molecule has 0 aromatic heterocycles. The van der Waals surface area contributed by atoms with Crippen molar-refractivity contribution in [2.75, 3.05) is 11.5 Å². The summed E-state index contributed by atoms with van der Waals surface area (Å²) in [6.07, 6.45) is 0.329. The Kier molecular flexibility index (Phi) is 5.68. The molecule has 0 radical (unpaired) electrons. The largest absolute Gasteiger partial charge is 0.454 e. The van der Waals surface area contributed by atoms with Crippen LogP contribution in [0, 0.1) is 0 Å². The number of anilines is 1. The predicted octanol–water partition coefficient (Wildman–Crippen LogP) is 3.50. The summed E-state index contributed by atoms with van der Waals surface area (Å²) in [6.45, 7) is 3.75. The van der Waals surface area contributed by atoms with Crippen molar-refractivity contribution in [3.63, 3.8) is 0 Å². The van der Waals surface area contributed by atoms with Gasteiger partial charge in [0.2, 0.25) is 11.8 Å². The molecule has 0 atom stereocenters. The molecule has 1 fully saturated rings. The van der Waals surface area contributed by atoms with Gasteiger partial charge in [-0.05, 0) is 29.7 Å². The number of nitrogens with zero attached hydrogens (tertiary/aromatic N) is 1. The summed E-state index contributed by atoms with van der Waals surface area (Å²) in [4.78, 5) is 49.3. The Hall–Kier alpha value is -3.28. The van der Waals surface area contributed by atoms with Gasteiger partial charge in [0.05, 0.1) is 11.3 Å². The minimum absolute atomic E-state index is 0.164. The van der Waals surface area contributed by atoms with Gasteiger partial charge in [0, 0.05) is 18.4 Å². The second kappa shape index (κ2) is 8.17. The maximum absolute atomic E-state index is 12.3. The minimum Gasteiger partial charge on any atom is -0.454 e. The lowest BCUT2D eigenvalue weighted by Gasteiger charge is -2.14. The molecule has 0 spiro atoms. The Morgan fingerprint density at radius 3 is 2.21 bits per heavy atom. The van der Waals surface area contributed by atoms with Crippen molar-refractivity contribution in [1.82, 2.24) is 0 Å². The molecule has 2 aromatic rings. The molecule has 1 heterocycles. The number of hydrogen-bond donors (Lipinski definition) is 0. The Balaban J connectivity index is 1.65. The molecule has 3 rings (SSSR count). The highest BCUT2D eigenvalue weighted by molar-refractivity contribution is 6.20. The molecule has 6 heteroatoms. The second-order valence-electron chi connectivity index (χ2n) is 6.95. The standard InChI is InChI=1S/C22H21NO5/c1-14(2)15-6-8-16(9-7-15)19(24)13-28-22(27)17-4-3-5-18(12-17)23-20(25)10-11-21(23)26/h3-9,12,14H,10-11,13H2,1-2H3. The first-order valence-corrected chi connectivity index (χ1v) is 9.13. The van der Waals surface area contributed by atoms with E-state index in [1.165, 1.54) is 12.1 Å². The number of carbonyl (C=O) groups is 4. The van der Waals surface area contributed by atoms with Crippen LogP contribution in [0.1, 0.15) is 58.9 Å². The normalized spacial score (nSPS) is 13.9. The average Bonchev–Trinajstić information content (AvgIpc) is 3.04. The van der Waals surface area contributed by atoms with E-state index in [1.807, 2.05) is 12.1 Å². The number of ether oxygens (including phenoxy) is 1. The third-order valence-electron chi connectivity index (χ3n) is 4.63. The lowest BCUT2D eigenvalue weighted by molar-refractivity contribution is -0.121. The first-order chi connectivity index (χ1) is 13.4. The molecule has 0 aliphatic carbocycles. The molecule has 1 aliphatic heterocycles. The fourth-order valence-corrected chi connectivity index (χ4v) is 2.99. The van der Waals surface area contributed by atoms with Crippen molar-refractivity contribution in [3.8, 4) is 0 Å². The van der Waals surface area contributed by atoms with E-state index < -0.39 is 5.97 Å². The van der Waals surface area contributed by atoms with Crippen LogP contribution in [0.25, 0.3) is 0 Å². The number of Topliss-reactive ketones (excluding diaryl/α,β-unsaturated/α-hetero) is 1. The van der Waals surface area contributed by atoms with E-state index in [-0.39, 0.29) is 42.6 Å². The van der Waals surface area contributed by atoms with Crippen LogP contribution in [-0.2, 0) is 14.3 Å². The molecular weight excluding hydrogens is 358 g/mol. The summed E-state index contributed by atoms with van der Waals surface area (Å²) in [5, 5.41) is 0. The van der Waals surface area contributed by atoms with Gasteiger partial charge in [-0.3, -0.25) is 19.3 Å². The van der Waals surface area contributed by atoms with Gasteiger partial charge in [-0.2, -0.15) is 0 Å². The van der Waals surface area contributed by atoms with E-state index in [4.69, 9.17) is 4.74 Å². The van der Waals surface area contributed by atoms with Crippen molar-refractivity contribution in [3.05, 3.63) is 65.2 Å². The van der Waals surface area contributed by atoms with Crippen molar-refractivity contribution in [2.45, 2.75) is 32.6 Å². The molecule has 144 valence electrons. The number of ketones is 1. The van der Waals surface area contributed by atoms with Crippen LogP contribution < -0.4 is 4.90 Å². The summed E-state index contributed by atoms with van der Waals surface area (Å²) in [5.41, 5.74) is 2.10. The van der Waals surface area contributed by atoms with Gasteiger partial charge in [-0.15, -0.1) is 0 Å². The van der Waals surface area contributed by atoms with Gasteiger partial charge in [-0.1, -0.05) is 44.2 Å². The summed E-state index contributed by atoms with van der Waals surface area (Å²) in [6, 6.07) is 13.3. The smallest absolute Gasteiger partial charge is 0.338 e. The summed E-state index contributed by atoms with van der Waals surface area (Å²) in [7, 11) is 0. The van der Waals surface area contributed by atoms with Gasteiger partial charge >= 0.3 is 5.97 Å². The minimum atomic E-state index is -0.687. The first kappa shape index (κ1) is 19.5. The number of imide groups is 1. The monoisotopic (exact) mass is 379 g/mol. The van der Waals surface area contributed by atoms with Gasteiger partial charge in [0.25, 0.3) is 0 Å². The molecule has 2 aromatic carbocycles. The topological polar surface area (TPSA) is 80.8 Å². The summed E-state index contributed by atoms with van der Waals surface area (Å²) in [5.74, 6) is -1.22. The van der Waals surface area contributed by atoms with Crippen molar-refractivity contribution in [2.24, 2.45) is 0 Å². The zero-order valence-electron chi connectivity index (χ0n) is 15.8. The quantitative estimate of drug-likeness (QED) is 0.436. The lowest BCUT2D eigenvalue weighted by atomic mass is 10.0. The van der Waals surface area contributed by atoms with E-state index in [0.29, 0.717) is 17.2 Å². The molecule has 1 aliphatic rings. The summed E-state index contributed by atoms with van der Waals surface area (Å²) < 4.78 is 5.12. The molecule has 6 nitrogen and oxygen atoms in total. The van der Waals surface area contributed by atoms with Crippen LogP contribution in [-0.4, -0.2) is 30.2 Å². The van der Waals surface area contributed by atoms with Crippen LogP contribution in [0.5, 0.6) is 0 Å². The van der Waals surface area contributed by atoms with E-state index in [2.05, 4.69) is 13.8 Å². The fraction of sp³-hybridized carbons (Fsp3) is 0.273.